The lowest BCUT2D eigenvalue weighted by Crippen LogP contribution is -2.07. The molecule has 2 aromatic carbocycles. The molecular formula is C17H19N3O. The van der Waals surface area contributed by atoms with Crippen LogP contribution in [0, 0.1) is 11.3 Å². The number of nitrogens with one attached hydrogen (secondary N) is 1. The minimum atomic E-state index is 0.0767. The van der Waals surface area contributed by atoms with Crippen LogP contribution in [-0.2, 0) is 6.42 Å². The topological polar surface area (TPSA) is 71.1 Å². The zero-order chi connectivity index (χ0) is 15.2. The molecule has 0 bridgehead atoms. The van der Waals surface area contributed by atoms with Crippen molar-refractivity contribution in [3.63, 3.8) is 0 Å². The summed E-state index contributed by atoms with van der Waals surface area (Å²) >= 11 is 0. The van der Waals surface area contributed by atoms with Crippen molar-refractivity contribution in [3.8, 4) is 11.8 Å². The molecule has 3 N–H and O–H groups in total. The van der Waals surface area contributed by atoms with E-state index in [0.717, 1.165) is 16.9 Å². The van der Waals surface area contributed by atoms with E-state index in [-0.39, 0.29) is 6.10 Å². The van der Waals surface area contributed by atoms with Gasteiger partial charge in [-0.2, -0.15) is 5.26 Å². The summed E-state index contributed by atoms with van der Waals surface area (Å²) in [7, 11) is 0. The van der Waals surface area contributed by atoms with Gasteiger partial charge >= 0.3 is 0 Å². The van der Waals surface area contributed by atoms with Crippen molar-refractivity contribution in [1.82, 2.24) is 0 Å². The summed E-state index contributed by atoms with van der Waals surface area (Å²) in [6, 6.07) is 15.5. The van der Waals surface area contributed by atoms with Gasteiger partial charge in [-0.05, 0) is 43.7 Å². The predicted molar refractivity (Wildman–Crippen MR) is 85.7 cm³/mol. The van der Waals surface area contributed by atoms with Crippen molar-refractivity contribution >= 4 is 17.1 Å². The predicted octanol–water partition coefficient (Wildman–Crippen LogP) is 3.87. The number of hydrogen-bond donors (Lipinski definition) is 2. The standard InChI is InChI=1S/C17H19N3O/c1-12(2)21-17-11-15(7-8-16(17)19)20-14-5-3-13(4-6-14)9-10-18/h3-8,11-12,20H,9,19H2,1-2H3. The highest BCUT2D eigenvalue weighted by Crippen LogP contribution is 2.28. The first kappa shape index (κ1) is 14.7. The van der Waals surface area contributed by atoms with Gasteiger partial charge in [-0.1, -0.05) is 12.1 Å². The molecule has 0 saturated heterocycles. The molecule has 2 aromatic rings. The lowest BCUT2D eigenvalue weighted by molar-refractivity contribution is 0.244. The summed E-state index contributed by atoms with van der Waals surface area (Å²) in [5, 5.41) is 12.0. The van der Waals surface area contributed by atoms with E-state index in [2.05, 4.69) is 11.4 Å². The lowest BCUT2D eigenvalue weighted by Gasteiger charge is -2.14. The Morgan fingerprint density at radius 3 is 2.43 bits per heavy atom. The number of nitrogens with two attached hydrogens (primary N) is 1. The average molecular weight is 281 g/mol. The molecule has 0 aliphatic carbocycles. The molecule has 0 fully saturated rings. The number of ether oxygens (including phenoxy) is 1. The molecule has 0 spiro atoms. The molecule has 21 heavy (non-hydrogen) atoms. The molecule has 0 aromatic heterocycles. The van der Waals surface area contributed by atoms with E-state index in [4.69, 9.17) is 15.7 Å². The monoisotopic (exact) mass is 281 g/mol. The second-order valence-corrected chi connectivity index (χ2v) is 5.08. The van der Waals surface area contributed by atoms with Crippen LogP contribution in [0.5, 0.6) is 5.75 Å². The number of benzene rings is 2. The first-order valence-corrected chi connectivity index (χ1v) is 6.87. The minimum Gasteiger partial charge on any atom is -0.489 e. The fourth-order valence-corrected chi connectivity index (χ4v) is 1.93. The van der Waals surface area contributed by atoms with Gasteiger partial charge in [-0.3, -0.25) is 0 Å². The number of rotatable bonds is 5. The van der Waals surface area contributed by atoms with Crippen LogP contribution < -0.4 is 15.8 Å². The maximum Gasteiger partial charge on any atom is 0.144 e. The highest BCUT2D eigenvalue weighted by molar-refractivity contribution is 5.66. The smallest absolute Gasteiger partial charge is 0.144 e. The van der Waals surface area contributed by atoms with Crippen LogP contribution in [0.2, 0.25) is 0 Å². The molecule has 0 unspecified atom stereocenters. The molecule has 0 heterocycles. The number of anilines is 3. The first-order chi connectivity index (χ1) is 10.1. The molecule has 2 rings (SSSR count). The third-order valence-electron chi connectivity index (χ3n) is 2.90. The zero-order valence-corrected chi connectivity index (χ0v) is 12.3. The Bertz CT molecular complexity index is 642. The number of hydrogen-bond acceptors (Lipinski definition) is 4. The quantitative estimate of drug-likeness (QED) is 0.816. The summed E-state index contributed by atoms with van der Waals surface area (Å²) < 4.78 is 5.67. The van der Waals surface area contributed by atoms with Crippen molar-refractivity contribution in [2.75, 3.05) is 11.1 Å². The van der Waals surface area contributed by atoms with Crippen LogP contribution in [0.1, 0.15) is 19.4 Å². The maximum atomic E-state index is 8.66. The van der Waals surface area contributed by atoms with E-state index < -0.39 is 0 Å². The van der Waals surface area contributed by atoms with Crippen molar-refractivity contribution in [2.24, 2.45) is 0 Å². The minimum absolute atomic E-state index is 0.0767. The van der Waals surface area contributed by atoms with Crippen LogP contribution >= 0.6 is 0 Å². The van der Waals surface area contributed by atoms with Gasteiger partial charge in [0.15, 0.2) is 0 Å². The second-order valence-electron chi connectivity index (χ2n) is 5.08. The fraction of sp³-hybridized carbons (Fsp3) is 0.235. The number of nitrogens with zero attached hydrogens (tertiary/aromatic N) is 1. The first-order valence-electron chi connectivity index (χ1n) is 6.87. The molecule has 0 aliphatic rings. The Morgan fingerprint density at radius 2 is 1.81 bits per heavy atom. The molecule has 0 atom stereocenters. The molecule has 0 amide bonds. The Hall–Kier alpha value is -2.67. The van der Waals surface area contributed by atoms with Gasteiger partial charge in [0.05, 0.1) is 24.3 Å². The Kier molecular flexibility index (Phi) is 4.68. The summed E-state index contributed by atoms with van der Waals surface area (Å²) in [4.78, 5) is 0. The highest BCUT2D eigenvalue weighted by atomic mass is 16.5. The van der Waals surface area contributed by atoms with Crippen molar-refractivity contribution in [3.05, 3.63) is 48.0 Å². The highest BCUT2D eigenvalue weighted by Gasteiger charge is 2.05. The van der Waals surface area contributed by atoms with Gasteiger partial charge in [0.2, 0.25) is 0 Å². The van der Waals surface area contributed by atoms with Gasteiger partial charge < -0.3 is 15.8 Å². The van der Waals surface area contributed by atoms with E-state index in [1.165, 1.54) is 0 Å². The van der Waals surface area contributed by atoms with E-state index in [1.807, 2.05) is 56.3 Å². The second kappa shape index (κ2) is 6.67. The molecule has 4 nitrogen and oxygen atoms in total. The van der Waals surface area contributed by atoms with Crippen LogP contribution in [0.25, 0.3) is 0 Å². The summed E-state index contributed by atoms with van der Waals surface area (Å²) in [6.45, 7) is 3.93. The summed E-state index contributed by atoms with van der Waals surface area (Å²) in [5.41, 5.74) is 9.39. The normalized spacial score (nSPS) is 10.2. The van der Waals surface area contributed by atoms with Crippen LogP contribution in [0.4, 0.5) is 17.1 Å². The molecular weight excluding hydrogens is 262 g/mol. The van der Waals surface area contributed by atoms with Crippen molar-refractivity contribution in [2.45, 2.75) is 26.4 Å². The Balaban J connectivity index is 2.14. The van der Waals surface area contributed by atoms with Gasteiger partial charge in [-0.25, -0.2) is 0 Å². The van der Waals surface area contributed by atoms with E-state index >= 15 is 0 Å². The third-order valence-corrected chi connectivity index (χ3v) is 2.90. The maximum absolute atomic E-state index is 8.66. The van der Waals surface area contributed by atoms with Crippen molar-refractivity contribution in [1.29, 1.82) is 5.26 Å². The third kappa shape index (κ3) is 4.15. The Labute approximate surface area is 125 Å². The van der Waals surface area contributed by atoms with E-state index in [9.17, 15) is 0 Å². The van der Waals surface area contributed by atoms with Crippen LogP contribution in [0.3, 0.4) is 0 Å². The zero-order valence-electron chi connectivity index (χ0n) is 12.3. The summed E-state index contributed by atoms with van der Waals surface area (Å²) in [6.07, 6.45) is 0.502. The van der Waals surface area contributed by atoms with Gasteiger partial charge in [-0.15, -0.1) is 0 Å². The molecule has 4 heteroatoms. The molecule has 108 valence electrons. The molecule has 0 aliphatic heterocycles. The van der Waals surface area contributed by atoms with Crippen LogP contribution in [0.15, 0.2) is 42.5 Å². The van der Waals surface area contributed by atoms with Crippen molar-refractivity contribution < 1.29 is 4.74 Å². The van der Waals surface area contributed by atoms with E-state index in [0.29, 0.717) is 17.9 Å². The molecule has 0 radical (unpaired) electrons. The SMILES string of the molecule is CC(C)Oc1cc(Nc2ccc(CC#N)cc2)ccc1N. The van der Waals surface area contributed by atoms with Gasteiger partial charge in [0.25, 0.3) is 0 Å². The number of nitriles is 1. The molecule has 0 saturated carbocycles. The van der Waals surface area contributed by atoms with Gasteiger partial charge in [0.1, 0.15) is 5.75 Å². The van der Waals surface area contributed by atoms with Crippen LogP contribution in [-0.4, -0.2) is 6.10 Å². The summed E-state index contributed by atoms with van der Waals surface area (Å²) in [5.74, 6) is 0.677. The fourth-order valence-electron chi connectivity index (χ4n) is 1.93. The number of nitrogen functional groups attached to an aromatic ring is 1. The largest absolute Gasteiger partial charge is 0.489 e. The lowest BCUT2D eigenvalue weighted by atomic mass is 10.1. The average Bonchev–Trinajstić information content (AvgIpc) is 2.44. The van der Waals surface area contributed by atoms with E-state index in [1.54, 1.807) is 0 Å². The Morgan fingerprint density at radius 1 is 1.14 bits per heavy atom. The van der Waals surface area contributed by atoms with Gasteiger partial charge in [0, 0.05) is 17.4 Å².